The Morgan fingerprint density at radius 2 is 1.85 bits per heavy atom. The Labute approximate surface area is 200 Å². The molecule has 1 aromatic rings. The zero-order chi connectivity index (χ0) is 23.6. The van der Waals surface area contributed by atoms with E-state index in [2.05, 4.69) is 28.1 Å². The lowest BCUT2D eigenvalue weighted by molar-refractivity contribution is -0.114. The monoisotopic (exact) mass is 520 g/mol. The van der Waals surface area contributed by atoms with Crippen LogP contribution < -0.4 is 0 Å². The smallest absolute Gasteiger partial charge is 0.385 e. The van der Waals surface area contributed by atoms with Crippen molar-refractivity contribution >= 4 is 21.7 Å². The number of aliphatic hydroxyl groups is 1. The molecule has 2 fully saturated rings. The Hall–Kier alpha value is -1.66. The van der Waals surface area contributed by atoms with E-state index in [1.165, 1.54) is 11.1 Å². The Balaban J connectivity index is 1.65. The molecule has 0 aliphatic heterocycles. The second kappa shape index (κ2) is 7.94. The lowest BCUT2D eigenvalue weighted by Gasteiger charge is -2.54. The maximum Gasteiger partial charge on any atom is 0.409 e. The summed E-state index contributed by atoms with van der Waals surface area (Å²) in [7, 11) is 0. The van der Waals surface area contributed by atoms with Crippen LogP contribution in [0.4, 0.5) is 13.2 Å². The number of hydrogen-bond acceptors (Lipinski definition) is 2. The number of fused-ring (bicyclic) bond motifs is 4. The van der Waals surface area contributed by atoms with Crippen LogP contribution in [0.15, 0.2) is 63.7 Å². The number of carbonyl (C=O) groups is 1. The van der Waals surface area contributed by atoms with Gasteiger partial charge in [-0.3, -0.25) is 4.79 Å². The maximum atomic E-state index is 13.0. The van der Waals surface area contributed by atoms with Crippen molar-refractivity contribution in [1.29, 1.82) is 0 Å². The number of alkyl halides is 3. The van der Waals surface area contributed by atoms with Gasteiger partial charge >= 0.3 is 6.18 Å². The third-order valence-electron chi connectivity index (χ3n) is 8.77. The SMILES string of the molecule is C[C@]12CC(c3ccc(Br)cc3)C3=C4CCC(=O)C=C4CCC3C1CC[C@@]2(O)/C=C/C(F)(F)F. The molecule has 0 bridgehead atoms. The zero-order valence-electron chi connectivity index (χ0n) is 18.6. The summed E-state index contributed by atoms with van der Waals surface area (Å²) >= 11 is 3.50. The first-order valence-electron chi connectivity index (χ1n) is 11.7. The van der Waals surface area contributed by atoms with E-state index in [0.717, 1.165) is 40.9 Å². The van der Waals surface area contributed by atoms with Crippen molar-refractivity contribution in [3.8, 4) is 0 Å². The molecule has 0 spiro atoms. The summed E-state index contributed by atoms with van der Waals surface area (Å²) in [6.45, 7) is 1.99. The molecule has 4 aliphatic rings. The van der Waals surface area contributed by atoms with Gasteiger partial charge in [0.05, 0.1) is 5.60 Å². The van der Waals surface area contributed by atoms with E-state index in [0.29, 0.717) is 25.7 Å². The predicted molar refractivity (Wildman–Crippen MR) is 125 cm³/mol. The van der Waals surface area contributed by atoms with E-state index in [9.17, 15) is 23.1 Å². The largest absolute Gasteiger partial charge is 0.409 e. The van der Waals surface area contributed by atoms with Crippen molar-refractivity contribution in [2.45, 2.75) is 69.6 Å². The fraction of sp³-hybridized carbons (Fsp3) is 0.519. The summed E-state index contributed by atoms with van der Waals surface area (Å²) in [6, 6.07) is 8.15. The molecule has 0 heterocycles. The van der Waals surface area contributed by atoms with Crippen molar-refractivity contribution in [3.63, 3.8) is 0 Å². The molecule has 176 valence electrons. The number of hydrogen-bond donors (Lipinski definition) is 1. The molecule has 1 N–H and O–H groups in total. The van der Waals surface area contributed by atoms with Gasteiger partial charge < -0.3 is 5.11 Å². The van der Waals surface area contributed by atoms with Crippen molar-refractivity contribution in [1.82, 2.24) is 0 Å². The molecule has 1 aromatic carbocycles. The third kappa shape index (κ3) is 3.87. The van der Waals surface area contributed by atoms with Gasteiger partial charge in [0.2, 0.25) is 0 Å². The van der Waals surface area contributed by atoms with Crippen LogP contribution in [0.1, 0.15) is 63.4 Å². The summed E-state index contributed by atoms with van der Waals surface area (Å²) in [5.41, 5.74) is 2.78. The molecule has 33 heavy (non-hydrogen) atoms. The Morgan fingerprint density at radius 1 is 1.12 bits per heavy atom. The average Bonchev–Trinajstić information content (AvgIpc) is 3.02. The quantitative estimate of drug-likeness (QED) is 0.418. The summed E-state index contributed by atoms with van der Waals surface area (Å²) < 4.78 is 40.1. The maximum absolute atomic E-state index is 13.0. The molecule has 2 nitrogen and oxygen atoms in total. The number of benzene rings is 1. The minimum Gasteiger partial charge on any atom is -0.385 e. The fourth-order valence-electron chi connectivity index (χ4n) is 7.20. The van der Waals surface area contributed by atoms with E-state index >= 15 is 0 Å². The van der Waals surface area contributed by atoms with E-state index in [-0.39, 0.29) is 29.6 Å². The summed E-state index contributed by atoms with van der Waals surface area (Å²) in [4.78, 5) is 12.1. The van der Waals surface area contributed by atoms with Gasteiger partial charge in [-0.25, -0.2) is 0 Å². The van der Waals surface area contributed by atoms with Crippen LogP contribution in [0.25, 0.3) is 0 Å². The van der Waals surface area contributed by atoms with Crippen LogP contribution in [0.2, 0.25) is 0 Å². The summed E-state index contributed by atoms with van der Waals surface area (Å²) in [5.74, 6) is 0.529. The molecular formula is C27H28BrF3O2. The summed E-state index contributed by atoms with van der Waals surface area (Å²) in [5, 5.41) is 11.6. The Morgan fingerprint density at radius 3 is 2.55 bits per heavy atom. The highest BCUT2D eigenvalue weighted by atomic mass is 79.9. The van der Waals surface area contributed by atoms with Crippen LogP contribution in [-0.4, -0.2) is 22.7 Å². The average molecular weight is 521 g/mol. The highest BCUT2D eigenvalue weighted by Gasteiger charge is 2.62. The summed E-state index contributed by atoms with van der Waals surface area (Å²) in [6.07, 6.45) is 3.21. The second-order valence-corrected chi connectivity index (χ2v) is 11.3. The van der Waals surface area contributed by atoms with Crippen LogP contribution in [0.3, 0.4) is 0 Å². The van der Waals surface area contributed by atoms with E-state index < -0.39 is 17.2 Å². The van der Waals surface area contributed by atoms with Crippen molar-refractivity contribution < 1.29 is 23.1 Å². The molecule has 0 aromatic heterocycles. The van der Waals surface area contributed by atoms with E-state index in [1.54, 1.807) is 0 Å². The second-order valence-electron chi connectivity index (χ2n) is 10.4. The van der Waals surface area contributed by atoms with Gasteiger partial charge in [-0.15, -0.1) is 0 Å². The zero-order valence-corrected chi connectivity index (χ0v) is 20.2. The first kappa shape index (κ1) is 23.1. The van der Waals surface area contributed by atoms with Crippen LogP contribution in [0, 0.1) is 17.3 Å². The van der Waals surface area contributed by atoms with Crippen LogP contribution in [0.5, 0.6) is 0 Å². The molecule has 3 unspecified atom stereocenters. The standard InChI is InChI=1S/C27H28BrF3O2/c1-25-15-22(16-2-5-18(28)6-3-16)24-20-9-7-19(32)14-17(20)4-8-21(24)23(25)10-11-26(25,33)12-13-27(29,30)31/h2-3,5-6,12-14,21-23,33H,4,7-11,15H2,1H3/b13-12+/t21?,22?,23?,25-,26+/m0/s1. The number of rotatable bonds is 2. The number of allylic oxidation sites excluding steroid dienone is 5. The fourth-order valence-corrected chi connectivity index (χ4v) is 7.46. The van der Waals surface area contributed by atoms with Gasteiger partial charge in [0.1, 0.15) is 0 Å². The topological polar surface area (TPSA) is 37.3 Å². The van der Waals surface area contributed by atoms with Crippen molar-refractivity contribution in [2.24, 2.45) is 17.3 Å². The lowest BCUT2D eigenvalue weighted by atomic mass is 9.51. The third-order valence-corrected chi connectivity index (χ3v) is 9.30. The normalized spacial score (nSPS) is 36.5. The molecule has 5 rings (SSSR count). The molecule has 0 amide bonds. The minimum atomic E-state index is -4.45. The van der Waals surface area contributed by atoms with Crippen molar-refractivity contribution in [2.75, 3.05) is 0 Å². The molecule has 0 saturated heterocycles. The van der Waals surface area contributed by atoms with E-state index in [4.69, 9.17) is 0 Å². The van der Waals surface area contributed by atoms with Crippen molar-refractivity contribution in [3.05, 3.63) is 69.2 Å². The van der Waals surface area contributed by atoms with Gasteiger partial charge in [0, 0.05) is 28.3 Å². The lowest BCUT2D eigenvalue weighted by Crippen LogP contribution is -2.50. The predicted octanol–water partition coefficient (Wildman–Crippen LogP) is 7.20. The molecular weight excluding hydrogens is 493 g/mol. The Bertz CT molecular complexity index is 1070. The number of halogens is 4. The molecule has 5 atom stereocenters. The number of ketones is 1. The van der Waals surface area contributed by atoms with Gasteiger partial charge in [-0.05, 0) is 91.4 Å². The molecule has 6 heteroatoms. The highest BCUT2D eigenvalue weighted by Crippen LogP contribution is 2.67. The first-order chi connectivity index (χ1) is 15.5. The molecule has 0 radical (unpaired) electrons. The van der Waals surface area contributed by atoms with Crippen LogP contribution in [-0.2, 0) is 4.79 Å². The van der Waals surface area contributed by atoms with E-state index in [1.807, 2.05) is 25.1 Å². The minimum absolute atomic E-state index is 0.0140. The molecule has 2 saturated carbocycles. The highest BCUT2D eigenvalue weighted by molar-refractivity contribution is 9.10. The Kier molecular flexibility index (Phi) is 5.56. The molecule has 4 aliphatic carbocycles. The van der Waals surface area contributed by atoms with Crippen LogP contribution >= 0.6 is 15.9 Å². The van der Waals surface area contributed by atoms with Gasteiger partial charge in [0.25, 0.3) is 0 Å². The number of carbonyl (C=O) groups excluding carboxylic acids is 1. The van der Waals surface area contributed by atoms with Gasteiger partial charge in [-0.2, -0.15) is 13.2 Å². The van der Waals surface area contributed by atoms with Gasteiger partial charge in [0.15, 0.2) is 5.78 Å². The first-order valence-corrected chi connectivity index (χ1v) is 12.5. The van der Waals surface area contributed by atoms with Gasteiger partial charge in [-0.1, -0.05) is 40.6 Å².